The minimum atomic E-state index is -0.515. The zero-order chi connectivity index (χ0) is 22.7. The van der Waals surface area contributed by atoms with Crippen LogP contribution in [0.15, 0.2) is 71.6 Å². The Balaban J connectivity index is 1.45. The van der Waals surface area contributed by atoms with Crippen LogP contribution >= 0.6 is 11.8 Å². The van der Waals surface area contributed by atoms with E-state index in [9.17, 15) is 19.2 Å². The van der Waals surface area contributed by atoms with E-state index in [1.807, 2.05) is 36.4 Å². The normalized spacial score (nSPS) is 14.8. The first-order valence-corrected chi connectivity index (χ1v) is 10.6. The molecule has 0 radical (unpaired) electrons. The molecule has 0 atom stereocenters. The summed E-state index contributed by atoms with van der Waals surface area (Å²) in [4.78, 5) is 49.9. The summed E-state index contributed by atoms with van der Waals surface area (Å²) in [5.41, 5.74) is 1.95. The SMILES string of the molecule is CC(=O)Nc1ccc(/C=C2\SC(=O)N(CC(=O)Nc3cccc4ccccc34)C2=O)cc1. The summed E-state index contributed by atoms with van der Waals surface area (Å²) >= 11 is 0.791. The van der Waals surface area contributed by atoms with Gasteiger partial charge in [-0.25, -0.2) is 0 Å². The first-order valence-electron chi connectivity index (χ1n) is 9.81. The summed E-state index contributed by atoms with van der Waals surface area (Å²) in [5, 5.41) is 6.81. The van der Waals surface area contributed by atoms with Crippen molar-refractivity contribution in [2.24, 2.45) is 0 Å². The predicted octanol–water partition coefficient (Wildman–Crippen LogP) is 4.47. The van der Waals surface area contributed by atoms with E-state index >= 15 is 0 Å². The van der Waals surface area contributed by atoms with Gasteiger partial charge < -0.3 is 10.6 Å². The number of nitrogens with one attached hydrogen (secondary N) is 2. The summed E-state index contributed by atoms with van der Waals surface area (Å²) in [6, 6.07) is 20.0. The van der Waals surface area contributed by atoms with Crippen molar-refractivity contribution in [2.45, 2.75) is 6.92 Å². The third-order valence-electron chi connectivity index (χ3n) is 4.77. The Hall–Kier alpha value is -3.91. The molecule has 0 bridgehead atoms. The largest absolute Gasteiger partial charge is 0.326 e. The number of hydrogen-bond acceptors (Lipinski definition) is 5. The highest BCUT2D eigenvalue weighted by atomic mass is 32.2. The van der Waals surface area contributed by atoms with Crippen molar-refractivity contribution >= 4 is 62.9 Å². The van der Waals surface area contributed by atoms with Gasteiger partial charge in [-0.3, -0.25) is 24.1 Å². The third kappa shape index (κ3) is 4.70. The van der Waals surface area contributed by atoms with Gasteiger partial charge in [-0.15, -0.1) is 0 Å². The highest BCUT2D eigenvalue weighted by Crippen LogP contribution is 2.32. The van der Waals surface area contributed by atoms with Gasteiger partial charge in [0.15, 0.2) is 0 Å². The molecule has 4 rings (SSSR count). The molecule has 0 unspecified atom stereocenters. The molecule has 1 fully saturated rings. The van der Waals surface area contributed by atoms with Crippen molar-refractivity contribution in [1.82, 2.24) is 4.90 Å². The summed E-state index contributed by atoms with van der Waals surface area (Å²) < 4.78 is 0. The second kappa shape index (κ2) is 9.07. The number of carbonyl (C=O) groups excluding carboxylic acids is 4. The summed E-state index contributed by atoms with van der Waals surface area (Å²) in [5.74, 6) is -1.15. The lowest BCUT2D eigenvalue weighted by atomic mass is 10.1. The molecule has 1 aliphatic heterocycles. The second-order valence-corrected chi connectivity index (χ2v) is 8.14. The molecule has 1 aliphatic rings. The fourth-order valence-electron chi connectivity index (χ4n) is 3.32. The topological polar surface area (TPSA) is 95.6 Å². The number of anilines is 2. The van der Waals surface area contributed by atoms with Crippen LogP contribution in [0.4, 0.5) is 16.2 Å². The van der Waals surface area contributed by atoms with E-state index < -0.39 is 17.1 Å². The van der Waals surface area contributed by atoms with Crippen molar-refractivity contribution < 1.29 is 19.2 Å². The van der Waals surface area contributed by atoms with Crippen LogP contribution in [0.3, 0.4) is 0 Å². The Kier molecular flexibility index (Phi) is 6.04. The first kappa shape index (κ1) is 21.3. The zero-order valence-electron chi connectivity index (χ0n) is 17.1. The summed E-state index contributed by atoms with van der Waals surface area (Å²) in [6.07, 6.45) is 1.59. The van der Waals surface area contributed by atoms with Crippen LogP contribution in [0.25, 0.3) is 16.8 Å². The van der Waals surface area contributed by atoms with E-state index in [-0.39, 0.29) is 17.4 Å². The van der Waals surface area contributed by atoms with Crippen molar-refractivity contribution in [3.05, 3.63) is 77.2 Å². The highest BCUT2D eigenvalue weighted by molar-refractivity contribution is 8.18. The van der Waals surface area contributed by atoms with Crippen molar-refractivity contribution in [3.8, 4) is 0 Å². The van der Waals surface area contributed by atoms with E-state index in [4.69, 9.17) is 0 Å². The molecule has 160 valence electrons. The highest BCUT2D eigenvalue weighted by Gasteiger charge is 2.36. The molecule has 1 heterocycles. The fraction of sp³-hybridized carbons (Fsp3) is 0.0833. The van der Waals surface area contributed by atoms with Gasteiger partial charge in [-0.1, -0.05) is 48.5 Å². The molecule has 7 nitrogen and oxygen atoms in total. The Morgan fingerprint density at radius 3 is 2.41 bits per heavy atom. The van der Waals surface area contributed by atoms with Crippen LogP contribution in [-0.2, 0) is 14.4 Å². The number of benzene rings is 3. The molecule has 3 aromatic carbocycles. The smallest absolute Gasteiger partial charge is 0.294 e. The molecular weight excluding hydrogens is 426 g/mol. The van der Waals surface area contributed by atoms with Gasteiger partial charge >= 0.3 is 0 Å². The maximum atomic E-state index is 12.7. The third-order valence-corrected chi connectivity index (χ3v) is 5.68. The number of nitrogens with zero attached hydrogens (tertiary/aromatic N) is 1. The van der Waals surface area contributed by atoms with Crippen LogP contribution < -0.4 is 10.6 Å². The maximum absolute atomic E-state index is 12.7. The molecule has 8 heteroatoms. The van der Waals surface area contributed by atoms with Gasteiger partial charge in [0.25, 0.3) is 11.1 Å². The van der Waals surface area contributed by atoms with Crippen molar-refractivity contribution in [3.63, 3.8) is 0 Å². The minimum absolute atomic E-state index is 0.180. The van der Waals surface area contributed by atoms with Gasteiger partial charge in [-0.05, 0) is 47.0 Å². The van der Waals surface area contributed by atoms with E-state index in [2.05, 4.69) is 10.6 Å². The number of imide groups is 1. The van der Waals surface area contributed by atoms with Gasteiger partial charge in [0.2, 0.25) is 11.8 Å². The van der Waals surface area contributed by atoms with Crippen LogP contribution in [0.2, 0.25) is 0 Å². The number of rotatable bonds is 5. The number of amides is 4. The number of thioether (sulfide) groups is 1. The first-order chi connectivity index (χ1) is 15.4. The quantitative estimate of drug-likeness (QED) is 0.565. The Morgan fingerprint density at radius 1 is 0.938 bits per heavy atom. The molecule has 0 aromatic heterocycles. The Bertz CT molecular complexity index is 1260. The lowest BCUT2D eigenvalue weighted by molar-refractivity contribution is -0.127. The minimum Gasteiger partial charge on any atom is -0.326 e. The molecule has 1 saturated heterocycles. The molecule has 32 heavy (non-hydrogen) atoms. The van der Waals surface area contributed by atoms with E-state index in [0.29, 0.717) is 16.9 Å². The maximum Gasteiger partial charge on any atom is 0.294 e. The van der Waals surface area contributed by atoms with Crippen LogP contribution in [0.1, 0.15) is 12.5 Å². The van der Waals surface area contributed by atoms with E-state index in [0.717, 1.165) is 27.4 Å². The average molecular weight is 446 g/mol. The van der Waals surface area contributed by atoms with Crippen LogP contribution in [-0.4, -0.2) is 34.4 Å². The van der Waals surface area contributed by atoms with Gasteiger partial charge in [0.1, 0.15) is 6.54 Å². The predicted molar refractivity (Wildman–Crippen MR) is 126 cm³/mol. The zero-order valence-corrected chi connectivity index (χ0v) is 17.9. The number of fused-ring (bicyclic) bond motifs is 1. The lowest BCUT2D eigenvalue weighted by Gasteiger charge is -2.13. The van der Waals surface area contributed by atoms with Crippen molar-refractivity contribution in [2.75, 3.05) is 17.2 Å². The molecule has 0 aliphatic carbocycles. The molecule has 3 aromatic rings. The van der Waals surface area contributed by atoms with Gasteiger partial charge in [0.05, 0.1) is 4.91 Å². The number of carbonyl (C=O) groups is 4. The molecule has 2 N–H and O–H groups in total. The van der Waals surface area contributed by atoms with Crippen LogP contribution in [0.5, 0.6) is 0 Å². The van der Waals surface area contributed by atoms with E-state index in [1.165, 1.54) is 6.92 Å². The average Bonchev–Trinajstić information content (AvgIpc) is 3.02. The molecule has 0 spiro atoms. The molecular formula is C24H19N3O4S. The van der Waals surface area contributed by atoms with Gasteiger partial charge in [0, 0.05) is 23.7 Å². The molecule has 4 amide bonds. The fourth-order valence-corrected chi connectivity index (χ4v) is 4.16. The summed E-state index contributed by atoms with van der Waals surface area (Å²) in [7, 11) is 0. The standard InChI is InChI=1S/C24H19N3O4S/c1-15(28)25-18-11-9-16(10-12-18)13-21-23(30)27(24(31)32-21)14-22(29)26-20-8-4-6-17-5-2-3-7-19(17)20/h2-13H,14H2,1H3,(H,25,28)(H,26,29)/b21-13-. The lowest BCUT2D eigenvalue weighted by Crippen LogP contribution is -2.36. The van der Waals surface area contributed by atoms with Crippen LogP contribution in [0, 0.1) is 0 Å². The Labute approximate surface area is 188 Å². The Morgan fingerprint density at radius 2 is 1.66 bits per heavy atom. The second-order valence-electron chi connectivity index (χ2n) is 7.15. The molecule has 0 saturated carbocycles. The van der Waals surface area contributed by atoms with E-state index in [1.54, 1.807) is 36.4 Å². The monoisotopic (exact) mass is 445 g/mol. The summed E-state index contributed by atoms with van der Waals surface area (Å²) in [6.45, 7) is 1.05. The van der Waals surface area contributed by atoms with Gasteiger partial charge in [-0.2, -0.15) is 0 Å². The number of hydrogen-bond donors (Lipinski definition) is 2. The van der Waals surface area contributed by atoms with Crippen molar-refractivity contribution in [1.29, 1.82) is 0 Å².